The Morgan fingerprint density at radius 3 is 2.37 bits per heavy atom. The van der Waals surface area contributed by atoms with Crippen molar-refractivity contribution in [2.45, 2.75) is 20.0 Å². The molecule has 6 nitrogen and oxygen atoms in total. The van der Waals surface area contributed by atoms with Gasteiger partial charge in [0, 0.05) is 0 Å². The molecule has 0 unspecified atom stereocenters. The summed E-state index contributed by atoms with van der Waals surface area (Å²) in [6, 6.07) is 6.71. The molecule has 0 atom stereocenters. The van der Waals surface area contributed by atoms with Crippen LogP contribution in [0.25, 0.3) is 11.1 Å². The number of aromatic carboxylic acids is 1. The minimum atomic E-state index is -1.18. The van der Waals surface area contributed by atoms with Gasteiger partial charge in [0.05, 0.1) is 11.7 Å². The van der Waals surface area contributed by atoms with Crippen molar-refractivity contribution < 1.29 is 14.6 Å². The van der Waals surface area contributed by atoms with Gasteiger partial charge in [-0.1, -0.05) is 12.1 Å². The molecule has 19 heavy (non-hydrogen) atoms. The Bertz CT molecular complexity index is 637. The number of rotatable bonds is 4. The first-order valence-electron chi connectivity index (χ1n) is 5.80. The molecule has 0 spiro atoms. The Morgan fingerprint density at radius 1 is 1.21 bits per heavy atom. The van der Waals surface area contributed by atoms with Crippen LogP contribution in [0.2, 0.25) is 0 Å². The van der Waals surface area contributed by atoms with E-state index in [0.29, 0.717) is 11.3 Å². The second-order valence-corrected chi connectivity index (χ2v) is 4.33. The SMILES string of the molecule is CC(C)Oc1ccc(-c2c(C(=O)O)[nH][nH]c2=O)cc1. The Balaban J connectivity index is 2.40. The smallest absolute Gasteiger partial charge is 0.354 e. The number of carboxylic acid groups (broad SMARTS) is 1. The molecule has 0 fully saturated rings. The van der Waals surface area contributed by atoms with Crippen molar-refractivity contribution in [2.75, 3.05) is 0 Å². The average molecular weight is 262 g/mol. The number of aromatic amines is 2. The second kappa shape index (κ2) is 5.01. The van der Waals surface area contributed by atoms with Gasteiger partial charge in [0.2, 0.25) is 0 Å². The van der Waals surface area contributed by atoms with Crippen molar-refractivity contribution in [1.29, 1.82) is 0 Å². The van der Waals surface area contributed by atoms with Gasteiger partial charge >= 0.3 is 5.97 Å². The summed E-state index contributed by atoms with van der Waals surface area (Å²) in [5.74, 6) is -0.515. The summed E-state index contributed by atoms with van der Waals surface area (Å²) in [6.07, 6.45) is 0.0519. The number of hydrogen-bond donors (Lipinski definition) is 3. The fourth-order valence-corrected chi connectivity index (χ4v) is 1.77. The maximum Gasteiger partial charge on any atom is 0.354 e. The van der Waals surface area contributed by atoms with Crippen LogP contribution in [0.5, 0.6) is 5.75 Å². The summed E-state index contributed by atoms with van der Waals surface area (Å²) in [4.78, 5) is 22.6. The van der Waals surface area contributed by atoms with E-state index >= 15 is 0 Å². The van der Waals surface area contributed by atoms with E-state index in [9.17, 15) is 9.59 Å². The Kier molecular flexibility index (Phi) is 3.41. The summed E-state index contributed by atoms with van der Waals surface area (Å²) in [7, 11) is 0. The number of hydrogen-bond acceptors (Lipinski definition) is 3. The number of carbonyl (C=O) groups is 1. The molecule has 0 bridgehead atoms. The molecule has 2 rings (SSSR count). The highest BCUT2D eigenvalue weighted by atomic mass is 16.5. The first-order chi connectivity index (χ1) is 8.99. The normalized spacial score (nSPS) is 10.7. The van der Waals surface area contributed by atoms with Gasteiger partial charge in [0.25, 0.3) is 5.56 Å². The van der Waals surface area contributed by atoms with Crippen molar-refractivity contribution in [2.24, 2.45) is 0 Å². The zero-order valence-corrected chi connectivity index (χ0v) is 10.6. The molecule has 6 heteroatoms. The van der Waals surface area contributed by atoms with Gasteiger partial charge in [-0.05, 0) is 31.5 Å². The highest BCUT2D eigenvalue weighted by Gasteiger charge is 2.17. The van der Waals surface area contributed by atoms with Crippen molar-refractivity contribution in [1.82, 2.24) is 10.2 Å². The third kappa shape index (κ3) is 2.67. The highest BCUT2D eigenvalue weighted by Crippen LogP contribution is 2.22. The van der Waals surface area contributed by atoms with E-state index in [1.54, 1.807) is 24.3 Å². The van der Waals surface area contributed by atoms with E-state index in [1.807, 2.05) is 13.8 Å². The van der Waals surface area contributed by atoms with Crippen molar-refractivity contribution in [3.8, 4) is 16.9 Å². The van der Waals surface area contributed by atoms with Crippen LogP contribution in [0.15, 0.2) is 29.1 Å². The zero-order chi connectivity index (χ0) is 14.0. The summed E-state index contributed by atoms with van der Waals surface area (Å²) < 4.78 is 5.48. The van der Waals surface area contributed by atoms with E-state index in [1.165, 1.54) is 0 Å². The number of aromatic nitrogens is 2. The molecule has 0 aliphatic carbocycles. The Hall–Kier alpha value is -2.50. The van der Waals surface area contributed by atoms with Crippen LogP contribution in [0.1, 0.15) is 24.3 Å². The highest BCUT2D eigenvalue weighted by molar-refractivity contribution is 5.93. The van der Waals surface area contributed by atoms with Crippen LogP contribution in [0.3, 0.4) is 0 Å². The first-order valence-corrected chi connectivity index (χ1v) is 5.80. The number of benzene rings is 1. The van der Waals surface area contributed by atoms with Crippen molar-refractivity contribution in [3.05, 3.63) is 40.3 Å². The monoisotopic (exact) mass is 262 g/mol. The fraction of sp³-hybridized carbons (Fsp3) is 0.231. The predicted molar refractivity (Wildman–Crippen MR) is 69.6 cm³/mol. The van der Waals surface area contributed by atoms with Gasteiger partial charge in [-0.3, -0.25) is 15.0 Å². The molecule has 0 saturated carbocycles. The molecule has 100 valence electrons. The van der Waals surface area contributed by atoms with Crippen molar-refractivity contribution >= 4 is 5.97 Å². The summed E-state index contributed by atoms with van der Waals surface area (Å²) in [6.45, 7) is 3.82. The van der Waals surface area contributed by atoms with Gasteiger partial charge < -0.3 is 9.84 Å². The largest absolute Gasteiger partial charge is 0.491 e. The summed E-state index contributed by atoms with van der Waals surface area (Å²) in [5, 5.41) is 13.6. The van der Waals surface area contributed by atoms with E-state index < -0.39 is 11.5 Å². The van der Waals surface area contributed by atoms with Gasteiger partial charge in [-0.25, -0.2) is 4.79 Å². The minimum absolute atomic E-state index is 0.0519. The van der Waals surface area contributed by atoms with E-state index in [-0.39, 0.29) is 17.4 Å². The van der Waals surface area contributed by atoms with Crippen LogP contribution in [-0.4, -0.2) is 27.4 Å². The Morgan fingerprint density at radius 2 is 1.84 bits per heavy atom. The molecule has 0 amide bonds. The zero-order valence-electron chi connectivity index (χ0n) is 10.6. The standard InChI is InChI=1S/C13H14N2O4/c1-7(2)19-9-5-3-8(4-6-9)10-11(13(17)18)14-15-12(10)16/h3-7H,1-2H3,(H,17,18)(H2,14,15,16). The molecular weight excluding hydrogens is 248 g/mol. The topological polar surface area (TPSA) is 95.2 Å². The van der Waals surface area contributed by atoms with E-state index in [0.717, 1.165) is 0 Å². The number of carboxylic acids is 1. The van der Waals surface area contributed by atoms with E-state index in [2.05, 4.69) is 10.2 Å². The third-order valence-electron chi connectivity index (χ3n) is 2.51. The lowest BCUT2D eigenvalue weighted by molar-refractivity contribution is 0.0691. The van der Waals surface area contributed by atoms with Crippen molar-refractivity contribution in [3.63, 3.8) is 0 Å². The molecule has 0 aliphatic heterocycles. The molecular formula is C13H14N2O4. The molecule has 2 aromatic rings. The molecule has 0 saturated heterocycles. The molecule has 0 radical (unpaired) electrons. The molecule has 1 aromatic carbocycles. The van der Waals surface area contributed by atoms with Crippen LogP contribution in [-0.2, 0) is 0 Å². The maximum atomic E-state index is 11.6. The van der Waals surface area contributed by atoms with Crippen LogP contribution in [0.4, 0.5) is 0 Å². The lowest BCUT2D eigenvalue weighted by atomic mass is 10.1. The quantitative estimate of drug-likeness (QED) is 0.783. The third-order valence-corrected chi connectivity index (χ3v) is 2.51. The lowest BCUT2D eigenvalue weighted by Gasteiger charge is -2.09. The van der Waals surface area contributed by atoms with Crippen LogP contribution in [0, 0.1) is 0 Å². The Labute approximate surface area is 109 Å². The second-order valence-electron chi connectivity index (χ2n) is 4.33. The van der Waals surface area contributed by atoms with Gasteiger partial charge in [-0.15, -0.1) is 0 Å². The van der Waals surface area contributed by atoms with Gasteiger partial charge in [-0.2, -0.15) is 0 Å². The fourth-order valence-electron chi connectivity index (χ4n) is 1.77. The number of nitrogens with one attached hydrogen (secondary N) is 2. The molecule has 0 aliphatic rings. The predicted octanol–water partition coefficient (Wildman–Crippen LogP) is 1.86. The average Bonchev–Trinajstić information content (AvgIpc) is 2.71. The minimum Gasteiger partial charge on any atom is -0.491 e. The number of ether oxygens (including phenoxy) is 1. The van der Waals surface area contributed by atoms with Gasteiger partial charge in [0.1, 0.15) is 5.75 Å². The summed E-state index contributed by atoms with van der Waals surface area (Å²) in [5.41, 5.74) is 0.0251. The molecule has 1 aromatic heterocycles. The van der Waals surface area contributed by atoms with Crippen LogP contribution >= 0.6 is 0 Å². The van der Waals surface area contributed by atoms with E-state index in [4.69, 9.17) is 9.84 Å². The number of H-pyrrole nitrogens is 2. The lowest BCUT2D eigenvalue weighted by Crippen LogP contribution is -2.06. The van der Waals surface area contributed by atoms with Crippen LogP contribution < -0.4 is 10.3 Å². The molecule has 3 N–H and O–H groups in total. The molecule has 1 heterocycles. The first kappa shape index (κ1) is 12.9. The maximum absolute atomic E-state index is 11.6. The van der Waals surface area contributed by atoms with Gasteiger partial charge in [0.15, 0.2) is 5.69 Å². The summed E-state index contributed by atoms with van der Waals surface area (Å²) >= 11 is 0.